The van der Waals surface area contributed by atoms with Crippen molar-refractivity contribution < 1.29 is 9.21 Å². The molecule has 4 nitrogen and oxygen atoms in total. The topological polar surface area (TPSA) is 45.5 Å². The Morgan fingerprint density at radius 3 is 2.94 bits per heavy atom. The van der Waals surface area contributed by atoms with Crippen molar-refractivity contribution in [1.82, 2.24) is 10.2 Å². The summed E-state index contributed by atoms with van der Waals surface area (Å²) >= 11 is 0. The lowest BCUT2D eigenvalue weighted by Gasteiger charge is -2.20. The number of amides is 1. The van der Waals surface area contributed by atoms with Crippen LogP contribution in [0.4, 0.5) is 0 Å². The van der Waals surface area contributed by atoms with Gasteiger partial charge in [-0.05, 0) is 31.9 Å². The SMILES string of the molecule is CC(NCCc1ccco1)C(=O)N1CCCC1. The molecule has 0 bridgehead atoms. The van der Waals surface area contributed by atoms with Gasteiger partial charge in [-0.3, -0.25) is 4.79 Å². The largest absolute Gasteiger partial charge is 0.469 e. The van der Waals surface area contributed by atoms with Crippen LogP contribution in [-0.2, 0) is 11.2 Å². The number of hydrogen-bond donors (Lipinski definition) is 1. The molecule has 1 amide bonds. The lowest BCUT2D eigenvalue weighted by atomic mass is 10.2. The number of carbonyl (C=O) groups excluding carboxylic acids is 1. The van der Waals surface area contributed by atoms with E-state index in [2.05, 4.69) is 5.32 Å². The summed E-state index contributed by atoms with van der Waals surface area (Å²) in [6.07, 6.45) is 4.79. The Balaban J connectivity index is 1.69. The molecule has 4 heteroatoms. The Kier molecular flexibility index (Phi) is 4.20. The zero-order valence-corrected chi connectivity index (χ0v) is 10.3. The van der Waals surface area contributed by atoms with E-state index in [1.807, 2.05) is 24.0 Å². The fraction of sp³-hybridized carbons (Fsp3) is 0.615. The van der Waals surface area contributed by atoms with Crippen LogP contribution in [0.2, 0.25) is 0 Å². The number of hydrogen-bond acceptors (Lipinski definition) is 3. The predicted molar refractivity (Wildman–Crippen MR) is 65.7 cm³/mol. The minimum atomic E-state index is -0.0944. The number of nitrogens with one attached hydrogen (secondary N) is 1. The molecule has 2 rings (SSSR count). The van der Waals surface area contributed by atoms with E-state index in [1.54, 1.807) is 6.26 Å². The molecular formula is C13H20N2O2. The summed E-state index contributed by atoms with van der Waals surface area (Å²) in [4.78, 5) is 13.9. The fourth-order valence-electron chi connectivity index (χ4n) is 2.17. The van der Waals surface area contributed by atoms with E-state index >= 15 is 0 Å². The summed E-state index contributed by atoms with van der Waals surface area (Å²) in [7, 11) is 0. The highest BCUT2D eigenvalue weighted by molar-refractivity contribution is 5.81. The fourth-order valence-corrected chi connectivity index (χ4v) is 2.17. The molecule has 1 atom stereocenters. The summed E-state index contributed by atoms with van der Waals surface area (Å²) < 4.78 is 5.24. The van der Waals surface area contributed by atoms with Crippen molar-refractivity contribution in [2.45, 2.75) is 32.2 Å². The molecule has 94 valence electrons. The third kappa shape index (κ3) is 3.33. The normalized spacial score (nSPS) is 17.4. The van der Waals surface area contributed by atoms with Gasteiger partial charge in [0.2, 0.25) is 5.91 Å². The Hall–Kier alpha value is -1.29. The molecule has 1 saturated heterocycles. The predicted octanol–water partition coefficient (Wildman–Crippen LogP) is 1.42. The standard InChI is InChI=1S/C13H20N2O2/c1-11(13(16)15-8-2-3-9-15)14-7-6-12-5-4-10-17-12/h4-5,10-11,14H,2-3,6-9H2,1H3. The third-order valence-corrected chi connectivity index (χ3v) is 3.19. The second-order valence-corrected chi connectivity index (χ2v) is 4.54. The van der Waals surface area contributed by atoms with Crippen molar-refractivity contribution in [3.05, 3.63) is 24.2 Å². The minimum Gasteiger partial charge on any atom is -0.469 e. The van der Waals surface area contributed by atoms with E-state index < -0.39 is 0 Å². The molecule has 1 aliphatic heterocycles. The summed E-state index contributed by atoms with van der Waals surface area (Å²) in [5.74, 6) is 1.18. The molecule has 2 heterocycles. The van der Waals surface area contributed by atoms with Crippen molar-refractivity contribution in [1.29, 1.82) is 0 Å². The van der Waals surface area contributed by atoms with Gasteiger partial charge in [0.25, 0.3) is 0 Å². The Morgan fingerprint density at radius 1 is 1.53 bits per heavy atom. The van der Waals surface area contributed by atoms with E-state index in [0.29, 0.717) is 0 Å². The first-order valence-corrected chi connectivity index (χ1v) is 6.32. The quantitative estimate of drug-likeness (QED) is 0.841. The van der Waals surface area contributed by atoms with Gasteiger partial charge < -0.3 is 14.6 Å². The molecule has 1 unspecified atom stereocenters. The Morgan fingerprint density at radius 2 is 2.29 bits per heavy atom. The maximum atomic E-state index is 12.0. The van der Waals surface area contributed by atoms with Gasteiger partial charge in [-0.1, -0.05) is 0 Å². The van der Waals surface area contributed by atoms with Crippen LogP contribution in [0.15, 0.2) is 22.8 Å². The number of likely N-dealkylation sites (tertiary alicyclic amines) is 1. The van der Waals surface area contributed by atoms with E-state index in [4.69, 9.17) is 4.42 Å². The lowest BCUT2D eigenvalue weighted by Crippen LogP contribution is -2.44. The van der Waals surface area contributed by atoms with Gasteiger partial charge >= 0.3 is 0 Å². The van der Waals surface area contributed by atoms with Crippen LogP contribution in [0.5, 0.6) is 0 Å². The van der Waals surface area contributed by atoms with Crippen molar-refractivity contribution in [3.8, 4) is 0 Å². The Labute approximate surface area is 102 Å². The first kappa shape index (κ1) is 12.2. The smallest absolute Gasteiger partial charge is 0.239 e. The summed E-state index contributed by atoms with van der Waals surface area (Å²) in [6, 6.07) is 3.74. The molecule has 0 spiro atoms. The van der Waals surface area contributed by atoms with Crippen LogP contribution in [0.3, 0.4) is 0 Å². The average molecular weight is 236 g/mol. The first-order chi connectivity index (χ1) is 8.27. The first-order valence-electron chi connectivity index (χ1n) is 6.32. The maximum Gasteiger partial charge on any atom is 0.239 e. The highest BCUT2D eigenvalue weighted by Gasteiger charge is 2.22. The second kappa shape index (κ2) is 5.87. The zero-order valence-electron chi connectivity index (χ0n) is 10.3. The Bertz CT molecular complexity index is 342. The summed E-state index contributed by atoms with van der Waals surface area (Å²) in [5, 5.41) is 3.25. The van der Waals surface area contributed by atoms with Gasteiger partial charge in [-0.2, -0.15) is 0 Å². The molecular weight excluding hydrogens is 216 g/mol. The molecule has 1 fully saturated rings. The monoisotopic (exact) mass is 236 g/mol. The number of carbonyl (C=O) groups is 1. The van der Waals surface area contributed by atoms with Crippen LogP contribution in [0.25, 0.3) is 0 Å². The van der Waals surface area contributed by atoms with E-state index in [-0.39, 0.29) is 11.9 Å². The van der Waals surface area contributed by atoms with Gasteiger partial charge in [0.15, 0.2) is 0 Å². The molecule has 1 N–H and O–H groups in total. The average Bonchev–Trinajstić information content (AvgIpc) is 3.00. The van der Waals surface area contributed by atoms with Crippen LogP contribution >= 0.6 is 0 Å². The lowest BCUT2D eigenvalue weighted by molar-refractivity contribution is -0.131. The molecule has 0 aromatic carbocycles. The highest BCUT2D eigenvalue weighted by Crippen LogP contribution is 2.09. The molecule has 0 radical (unpaired) electrons. The van der Waals surface area contributed by atoms with Crippen molar-refractivity contribution in [3.63, 3.8) is 0 Å². The van der Waals surface area contributed by atoms with Gasteiger partial charge in [0.05, 0.1) is 12.3 Å². The molecule has 17 heavy (non-hydrogen) atoms. The zero-order chi connectivity index (χ0) is 12.1. The van der Waals surface area contributed by atoms with E-state index in [9.17, 15) is 4.79 Å². The van der Waals surface area contributed by atoms with Gasteiger partial charge in [0, 0.05) is 26.1 Å². The maximum absolute atomic E-state index is 12.0. The van der Waals surface area contributed by atoms with Crippen LogP contribution in [0.1, 0.15) is 25.5 Å². The highest BCUT2D eigenvalue weighted by atomic mass is 16.3. The van der Waals surface area contributed by atoms with Crippen LogP contribution in [0, 0.1) is 0 Å². The van der Waals surface area contributed by atoms with Gasteiger partial charge in [-0.25, -0.2) is 0 Å². The number of nitrogens with zero attached hydrogens (tertiary/aromatic N) is 1. The van der Waals surface area contributed by atoms with Crippen molar-refractivity contribution >= 4 is 5.91 Å². The molecule has 0 saturated carbocycles. The molecule has 1 aromatic rings. The molecule has 1 aromatic heterocycles. The van der Waals surface area contributed by atoms with E-state index in [1.165, 1.54) is 0 Å². The van der Waals surface area contributed by atoms with Gasteiger partial charge in [-0.15, -0.1) is 0 Å². The summed E-state index contributed by atoms with van der Waals surface area (Å²) in [5.41, 5.74) is 0. The third-order valence-electron chi connectivity index (χ3n) is 3.19. The number of furan rings is 1. The van der Waals surface area contributed by atoms with Crippen molar-refractivity contribution in [2.24, 2.45) is 0 Å². The van der Waals surface area contributed by atoms with Crippen LogP contribution in [-0.4, -0.2) is 36.5 Å². The van der Waals surface area contributed by atoms with Gasteiger partial charge in [0.1, 0.15) is 5.76 Å². The minimum absolute atomic E-state index is 0.0944. The summed E-state index contributed by atoms with van der Waals surface area (Å²) in [6.45, 7) is 4.54. The van der Waals surface area contributed by atoms with Crippen molar-refractivity contribution in [2.75, 3.05) is 19.6 Å². The second-order valence-electron chi connectivity index (χ2n) is 4.54. The van der Waals surface area contributed by atoms with E-state index in [0.717, 1.165) is 44.7 Å². The molecule has 0 aliphatic carbocycles. The molecule has 1 aliphatic rings. The van der Waals surface area contributed by atoms with Crippen LogP contribution < -0.4 is 5.32 Å². The number of rotatable bonds is 5.